The molecule has 0 aliphatic carbocycles. The highest BCUT2D eigenvalue weighted by Crippen LogP contribution is 2.20. The molecule has 0 radical (unpaired) electrons. The van der Waals surface area contributed by atoms with E-state index in [1.807, 2.05) is 35.2 Å². The van der Waals surface area contributed by atoms with Gasteiger partial charge in [-0.05, 0) is 11.5 Å². The topological polar surface area (TPSA) is 49.4 Å². The van der Waals surface area contributed by atoms with Gasteiger partial charge in [-0.15, -0.1) is 0 Å². The zero-order valence-corrected chi connectivity index (χ0v) is 12.1. The summed E-state index contributed by atoms with van der Waals surface area (Å²) in [5, 5.41) is 2.84. The van der Waals surface area contributed by atoms with Crippen molar-refractivity contribution in [2.24, 2.45) is 5.92 Å². The number of carbonyl (C=O) groups excluding carboxylic acids is 2. The summed E-state index contributed by atoms with van der Waals surface area (Å²) in [7, 11) is 0. The Balaban J connectivity index is 2.21. The van der Waals surface area contributed by atoms with Crippen LogP contribution in [0.5, 0.6) is 0 Å². The van der Waals surface area contributed by atoms with Gasteiger partial charge in [-0.3, -0.25) is 9.59 Å². The summed E-state index contributed by atoms with van der Waals surface area (Å²) >= 11 is 0. The standard InChI is InChI=1S/C16H22N2O2/c1-3-12(2)11-18-10-9-14(19)17-15(16(18)20)13-7-5-4-6-8-13/h4-8,12,15H,3,9-11H2,1-2H3,(H,17,19). The molecule has 2 amide bonds. The third kappa shape index (κ3) is 3.38. The van der Waals surface area contributed by atoms with Gasteiger partial charge in [-0.2, -0.15) is 0 Å². The van der Waals surface area contributed by atoms with Gasteiger partial charge in [-0.1, -0.05) is 50.6 Å². The maximum Gasteiger partial charge on any atom is 0.249 e. The number of hydrogen-bond acceptors (Lipinski definition) is 2. The molecular formula is C16H22N2O2. The van der Waals surface area contributed by atoms with Gasteiger partial charge in [0.2, 0.25) is 11.8 Å². The molecule has 1 saturated heterocycles. The highest BCUT2D eigenvalue weighted by molar-refractivity contribution is 5.90. The minimum atomic E-state index is -0.546. The van der Waals surface area contributed by atoms with Gasteiger partial charge in [0.25, 0.3) is 0 Å². The van der Waals surface area contributed by atoms with Crippen LogP contribution in [0.15, 0.2) is 30.3 Å². The van der Waals surface area contributed by atoms with Gasteiger partial charge in [0.15, 0.2) is 0 Å². The molecule has 0 saturated carbocycles. The molecule has 0 bridgehead atoms. The Morgan fingerprint density at radius 1 is 1.30 bits per heavy atom. The van der Waals surface area contributed by atoms with E-state index >= 15 is 0 Å². The lowest BCUT2D eigenvalue weighted by Gasteiger charge is -2.26. The van der Waals surface area contributed by atoms with E-state index < -0.39 is 6.04 Å². The molecule has 0 spiro atoms. The summed E-state index contributed by atoms with van der Waals surface area (Å²) in [4.78, 5) is 26.3. The Kier molecular flexibility index (Phi) is 4.77. The summed E-state index contributed by atoms with van der Waals surface area (Å²) in [6, 6.07) is 8.90. The van der Waals surface area contributed by atoms with Crippen LogP contribution in [0.1, 0.15) is 38.3 Å². The molecule has 108 valence electrons. The quantitative estimate of drug-likeness (QED) is 0.914. The lowest BCUT2D eigenvalue weighted by Crippen LogP contribution is -2.40. The first-order chi connectivity index (χ1) is 9.61. The van der Waals surface area contributed by atoms with Crippen LogP contribution in [-0.2, 0) is 9.59 Å². The average Bonchev–Trinajstić information content (AvgIpc) is 2.61. The van der Waals surface area contributed by atoms with Crippen molar-refractivity contribution in [2.45, 2.75) is 32.7 Å². The number of rotatable bonds is 4. The third-order valence-corrected chi connectivity index (χ3v) is 3.83. The number of carbonyl (C=O) groups is 2. The summed E-state index contributed by atoms with van der Waals surface area (Å²) in [5.41, 5.74) is 0.849. The summed E-state index contributed by atoms with van der Waals surface area (Å²) < 4.78 is 0. The summed E-state index contributed by atoms with van der Waals surface area (Å²) in [6.07, 6.45) is 1.41. The van der Waals surface area contributed by atoms with E-state index in [1.165, 1.54) is 0 Å². The average molecular weight is 274 g/mol. The Hall–Kier alpha value is -1.84. The van der Waals surface area contributed by atoms with Gasteiger partial charge < -0.3 is 10.2 Å². The number of amides is 2. The second-order valence-corrected chi connectivity index (χ2v) is 5.46. The Morgan fingerprint density at radius 2 is 2.00 bits per heavy atom. The molecule has 2 unspecified atom stereocenters. The molecule has 1 fully saturated rings. The molecule has 0 aromatic heterocycles. The highest BCUT2D eigenvalue weighted by Gasteiger charge is 2.31. The normalized spacial score (nSPS) is 21.3. The van der Waals surface area contributed by atoms with Crippen LogP contribution < -0.4 is 5.32 Å². The number of benzene rings is 1. The van der Waals surface area contributed by atoms with Gasteiger partial charge in [0.1, 0.15) is 6.04 Å². The molecule has 1 aromatic carbocycles. The van der Waals surface area contributed by atoms with Gasteiger partial charge in [-0.25, -0.2) is 0 Å². The molecule has 4 heteroatoms. The highest BCUT2D eigenvalue weighted by atomic mass is 16.2. The van der Waals surface area contributed by atoms with Crippen molar-refractivity contribution < 1.29 is 9.59 Å². The van der Waals surface area contributed by atoms with Crippen LogP contribution in [0.3, 0.4) is 0 Å². The fourth-order valence-corrected chi connectivity index (χ4v) is 2.38. The van der Waals surface area contributed by atoms with Crippen LogP contribution in [-0.4, -0.2) is 29.8 Å². The Morgan fingerprint density at radius 3 is 2.65 bits per heavy atom. The smallest absolute Gasteiger partial charge is 0.249 e. The monoisotopic (exact) mass is 274 g/mol. The van der Waals surface area contributed by atoms with Gasteiger partial charge >= 0.3 is 0 Å². The lowest BCUT2D eigenvalue weighted by molar-refractivity contribution is -0.134. The Labute approximate surface area is 120 Å². The first kappa shape index (κ1) is 14.6. The fourth-order valence-electron chi connectivity index (χ4n) is 2.38. The number of nitrogens with zero attached hydrogens (tertiary/aromatic N) is 1. The van der Waals surface area contributed by atoms with E-state index in [0.29, 0.717) is 25.4 Å². The lowest BCUT2D eigenvalue weighted by atomic mass is 10.0. The fraction of sp³-hybridized carbons (Fsp3) is 0.500. The predicted molar refractivity (Wildman–Crippen MR) is 78.0 cm³/mol. The zero-order valence-electron chi connectivity index (χ0n) is 12.1. The van der Waals surface area contributed by atoms with E-state index in [4.69, 9.17) is 0 Å². The maximum absolute atomic E-state index is 12.7. The first-order valence-electron chi connectivity index (χ1n) is 7.25. The van der Waals surface area contributed by atoms with Crippen molar-refractivity contribution in [3.63, 3.8) is 0 Å². The number of hydrogen-bond donors (Lipinski definition) is 1. The molecule has 1 aliphatic heterocycles. The molecule has 4 nitrogen and oxygen atoms in total. The zero-order chi connectivity index (χ0) is 14.5. The van der Waals surface area contributed by atoms with Gasteiger partial charge in [0, 0.05) is 19.5 Å². The molecule has 1 N–H and O–H groups in total. The van der Waals surface area contributed by atoms with Crippen molar-refractivity contribution in [3.05, 3.63) is 35.9 Å². The van der Waals surface area contributed by atoms with Crippen molar-refractivity contribution in [2.75, 3.05) is 13.1 Å². The van der Waals surface area contributed by atoms with E-state index in [-0.39, 0.29) is 11.8 Å². The minimum Gasteiger partial charge on any atom is -0.340 e. The van der Waals surface area contributed by atoms with Crippen molar-refractivity contribution >= 4 is 11.8 Å². The maximum atomic E-state index is 12.7. The summed E-state index contributed by atoms with van der Waals surface area (Å²) in [6.45, 7) is 5.47. The second kappa shape index (κ2) is 6.55. The van der Waals surface area contributed by atoms with Crippen LogP contribution in [0, 0.1) is 5.92 Å². The SMILES string of the molecule is CCC(C)CN1CCC(=O)NC(c2ccccc2)C1=O. The third-order valence-electron chi connectivity index (χ3n) is 3.83. The second-order valence-electron chi connectivity index (χ2n) is 5.46. The van der Waals surface area contributed by atoms with Crippen LogP contribution in [0.4, 0.5) is 0 Å². The van der Waals surface area contributed by atoms with Crippen molar-refractivity contribution in [1.82, 2.24) is 10.2 Å². The molecule has 1 heterocycles. The van der Waals surface area contributed by atoms with Crippen LogP contribution in [0.2, 0.25) is 0 Å². The van der Waals surface area contributed by atoms with E-state index in [9.17, 15) is 9.59 Å². The molecular weight excluding hydrogens is 252 g/mol. The first-order valence-corrected chi connectivity index (χ1v) is 7.25. The molecule has 2 rings (SSSR count). The van der Waals surface area contributed by atoms with E-state index in [2.05, 4.69) is 19.2 Å². The minimum absolute atomic E-state index is 0.00218. The molecule has 1 aliphatic rings. The molecule has 2 atom stereocenters. The van der Waals surface area contributed by atoms with Gasteiger partial charge in [0.05, 0.1) is 0 Å². The van der Waals surface area contributed by atoms with E-state index in [1.54, 1.807) is 0 Å². The predicted octanol–water partition coefficient (Wildman–Crippen LogP) is 2.12. The van der Waals surface area contributed by atoms with Crippen molar-refractivity contribution in [3.8, 4) is 0 Å². The molecule has 1 aromatic rings. The van der Waals surface area contributed by atoms with E-state index in [0.717, 1.165) is 12.0 Å². The largest absolute Gasteiger partial charge is 0.340 e. The number of nitrogens with one attached hydrogen (secondary N) is 1. The summed E-state index contributed by atoms with van der Waals surface area (Å²) in [5.74, 6) is 0.393. The Bertz CT molecular complexity index is 473. The van der Waals surface area contributed by atoms with Crippen LogP contribution >= 0.6 is 0 Å². The molecule has 20 heavy (non-hydrogen) atoms. The van der Waals surface area contributed by atoms with Crippen molar-refractivity contribution in [1.29, 1.82) is 0 Å². The van der Waals surface area contributed by atoms with Crippen LogP contribution in [0.25, 0.3) is 0 Å².